The van der Waals surface area contributed by atoms with E-state index in [0.29, 0.717) is 5.69 Å². The fourth-order valence-corrected chi connectivity index (χ4v) is 3.24. The van der Waals surface area contributed by atoms with E-state index in [9.17, 15) is 4.21 Å². The molecule has 0 heterocycles. The molecule has 0 aliphatic rings. The molecule has 1 unspecified atom stereocenters. The Labute approximate surface area is 113 Å². The minimum atomic E-state index is -0.929. The van der Waals surface area contributed by atoms with Gasteiger partial charge in [0.05, 0.1) is 15.7 Å². The van der Waals surface area contributed by atoms with E-state index in [1.165, 1.54) is 38.5 Å². The van der Waals surface area contributed by atoms with Crippen LogP contribution in [0.1, 0.15) is 51.9 Å². The first kappa shape index (κ1) is 15.2. The highest BCUT2D eigenvalue weighted by Crippen LogP contribution is 2.17. The molecule has 1 atom stereocenters. The normalized spacial score (nSPS) is 12.5. The molecule has 0 aliphatic heterocycles. The minimum absolute atomic E-state index is 0.652. The smallest absolute Gasteiger partial charge is 0.0617 e. The second-order valence-corrected chi connectivity index (χ2v) is 6.25. The third-order valence-corrected chi connectivity index (χ3v) is 4.62. The van der Waals surface area contributed by atoms with Crippen LogP contribution in [0.3, 0.4) is 0 Å². The van der Waals surface area contributed by atoms with Crippen LogP contribution in [0.5, 0.6) is 0 Å². The quantitative estimate of drug-likeness (QED) is 0.540. The summed E-state index contributed by atoms with van der Waals surface area (Å²) in [6.07, 6.45) is 8.76. The van der Waals surface area contributed by atoms with Crippen LogP contribution >= 0.6 is 0 Å². The highest BCUT2D eigenvalue weighted by Gasteiger charge is 2.06. The van der Waals surface area contributed by atoms with Gasteiger partial charge in [0.1, 0.15) is 0 Å². The van der Waals surface area contributed by atoms with Crippen molar-refractivity contribution in [2.24, 2.45) is 0 Å². The van der Waals surface area contributed by atoms with Gasteiger partial charge in [-0.1, -0.05) is 57.6 Å². The monoisotopic (exact) mass is 267 g/mol. The molecule has 0 spiro atoms. The number of nitrogens with two attached hydrogens (primary N) is 1. The summed E-state index contributed by atoms with van der Waals surface area (Å²) in [7, 11) is -0.929. The van der Waals surface area contributed by atoms with Crippen LogP contribution in [-0.4, -0.2) is 9.96 Å². The maximum atomic E-state index is 12.0. The van der Waals surface area contributed by atoms with E-state index in [1.807, 2.05) is 24.3 Å². The summed E-state index contributed by atoms with van der Waals surface area (Å²) in [5.41, 5.74) is 6.47. The lowest BCUT2D eigenvalue weighted by atomic mass is 10.1. The molecule has 0 aliphatic carbocycles. The summed E-state index contributed by atoms with van der Waals surface area (Å²) < 4.78 is 12.0. The number of unbranched alkanes of at least 4 members (excludes halogenated alkanes) is 6. The Kier molecular flexibility index (Phi) is 7.74. The maximum Gasteiger partial charge on any atom is 0.0617 e. The molecular formula is C15H25NOS. The summed E-state index contributed by atoms with van der Waals surface area (Å²) >= 11 is 0. The molecule has 0 radical (unpaired) electrons. The van der Waals surface area contributed by atoms with Crippen molar-refractivity contribution in [3.63, 3.8) is 0 Å². The highest BCUT2D eigenvalue weighted by molar-refractivity contribution is 7.85. The summed E-state index contributed by atoms with van der Waals surface area (Å²) in [6, 6.07) is 7.46. The Morgan fingerprint density at radius 1 is 1.00 bits per heavy atom. The standard InChI is InChI=1S/C15H25NOS/c1-2-3-4-5-6-7-10-13-18(17)15-12-9-8-11-14(15)16/h8-9,11-12H,2-7,10,13,16H2,1H3. The van der Waals surface area contributed by atoms with Gasteiger partial charge < -0.3 is 5.73 Å². The van der Waals surface area contributed by atoms with Crippen LogP contribution in [0.25, 0.3) is 0 Å². The molecule has 2 nitrogen and oxygen atoms in total. The van der Waals surface area contributed by atoms with Crippen molar-refractivity contribution in [2.75, 3.05) is 11.5 Å². The van der Waals surface area contributed by atoms with Gasteiger partial charge in [0.25, 0.3) is 0 Å². The lowest BCUT2D eigenvalue weighted by molar-refractivity contribution is 0.601. The average Bonchev–Trinajstić information content (AvgIpc) is 2.38. The number of hydrogen-bond acceptors (Lipinski definition) is 2. The van der Waals surface area contributed by atoms with Crippen molar-refractivity contribution in [3.8, 4) is 0 Å². The SMILES string of the molecule is CCCCCCCCCS(=O)c1ccccc1N. The van der Waals surface area contributed by atoms with Crippen LogP contribution in [0.15, 0.2) is 29.2 Å². The van der Waals surface area contributed by atoms with Gasteiger partial charge in [-0.25, -0.2) is 0 Å². The van der Waals surface area contributed by atoms with Crippen molar-refractivity contribution in [2.45, 2.75) is 56.8 Å². The fraction of sp³-hybridized carbons (Fsp3) is 0.600. The van der Waals surface area contributed by atoms with E-state index in [1.54, 1.807) is 0 Å². The molecule has 0 bridgehead atoms. The van der Waals surface area contributed by atoms with Gasteiger partial charge in [0.2, 0.25) is 0 Å². The molecule has 18 heavy (non-hydrogen) atoms. The second-order valence-electron chi connectivity index (χ2n) is 4.71. The highest BCUT2D eigenvalue weighted by atomic mass is 32.2. The molecule has 0 saturated carbocycles. The molecule has 0 amide bonds. The molecule has 0 saturated heterocycles. The first-order valence-corrected chi connectivity index (χ1v) is 8.30. The fourth-order valence-electron chi connectivity index (χ4n) is 1.99. The van der Waals surface area contributed by atoms with Gasteiger partial charge in [-0.2, -0.15) is 0 Å². The Morgan fingerprint density at radius 2 is 1.61 bits per heavy atom. The summed E-state index contributed by atoms with van der Waals surface area (Å²) in [5, 5.41) is 0. The Balaban J connectivity index is 2.16. The van der Waals surface area contributed by atoms with Gasteiger partial charge >= 0.3 is 0 Å². The first-order chi connectivity index (χ1) is 8.75. The third kappa shape index (κ3) is 5.67. The summed E-state index contributed by atoms with van der Waals surface area (Å²) in [4.78, 5) is 0.795. The molecule has 3 heteroatoms. The predicted molar refractivity (Wildman–Crippen MR) is 80.1 cm³/mol. The van der Waals surface area contributed by atoms with Gasteiger partial charge in [-0.3, -0.25) is 4.21 Å². The van der Waals surface area contributed by atoms with Crippen LogP contribution in [0, 0.1) is 0 Å². The zero-order chi connectivity index (χ0) is 13.2. The number of benzene rings is 1. The number of nitrogen functional groups attached to an aromatic ring is 1. The van der Waals surface area contributed by atoms with Crippen molar-refractivity contribution in [3.05, 3.63) is 24.3 Å². The van der Waals surface area contributed by atoms with E-state index in [0.717, 1.165) is 17.1 Å². The molecule has 1 aromatic carbocycles. The van der Waals surface area contributed by atoms with E-state index < -0.39 is 10.8 Å². The molecule has 0 fully saturated rings. The van der Waals surface area contributed by atoms with Gasteiger partial charge in [0, 0.05) is 11.4 Å². The van der Waals surface area contributed by atoms with Crippen LogP contribution in [0.4, 0.5) is 5.69 Å². The zero-order valence-corrected chi connectivity index (χ0v) is 12.2. The van der Waals surface area contributed by atoms with E-state index in [4.69, 9.17) is 5.73 Å². The number of rotatable bonds is 9. The maximum absolute atomic E-state index is 12.0. The van der Waals surface area contributed by atoms with Crippen LogP contribution in [-0.2, 0) is 10.8 Å². The molecule has 2 N–H and O–H groups in total. The largest absolute Gasteiger partial charge is 0.398 e. The Bertz CT molecular complexity index is 365. The van der Waals surface area contributed by atoms with Crippen molar-refractivity contribution in [1.29, 1.82) is 0 Å². The van der Waals surface area contributed by atoms with Crippen molar-refractivity contribution in [1.82, 2.24) is 0 Å². The lowest BCUT2D eigenvalue weighted by Gasteiger charge is -2.05. The van der Waals surface area contributed by atoms with Crippen molar-refractivity contribution < 1.29 is 4.21 Å². The molecular weight excluding hydrogens is 242 g/mol. The van der Waals surface area contributed by atoms with Gasteiger partial charge in [-0.15, -0.1) is 0 Å². The number of para-hydroxylation sites is 1. The van der Waals surface area contributed by atoms with Crippen LogP contribution < -0.4 is 5.73 Å². The van der Waals surface area contributed by atoms with E-state index in [-0.39, 0.29) is 0 Å². The van der Waals surface area contributed by atoms with Gasteiger partial charge in [0.15, 0.2) is 0 Å². The second kappa shape index (κ2) is 9.15. The average molecular weight is 267 g/mol. The molecule has 102 valence electrons. The summed E-state index contributed by atoms with van der Waals surface area (Å²) in [6.45, 7) is 2.23. The molecule has 1 rings (SSSR count). The summed E-state index contributed by atoms with van der Waals surface area (Å²) in [5.74, 6) is 0.738. The predicted octanol–water partition coefficient (Wildman–Crippen LogP) is 4.13. The van der Waals surface area contributed by atoms with Crippen LogP contribution in [0.2, 0.25) is 0 Å². The van der Waals surface area contributed by atoms with E-state index in [2.05, 4.69) is 6.92 Å². The Morgan fingerprint density at radius 3 is 2.28 bits per heavy atom. The molecule has 1 aromatic rings. The molecule has 0 aromatic heterocycles. The minimum Gasteiger partial charge on any atom is -0.398 e. The number of hydrogen-bond donors (Lipinski definition) is 1. The zero-order valence-electron chi connectivity index (χ0n) is 11.4. The first-order valence-electron chi connectivity index (χ1n) is 6.98. The Hall–Kier alpha value is -0.830. The van der Waals surface area contributed by atoms with Crippen molar-refractivity contribution >= 4 is 16.5 Å². The topological polar surface area (TPSA) is 43.1 Å². The van der Waals surface area contributed by atoms with E-state index >= 15 is 0 Å². The third-order valence-electron chi connectivity index (χ3n) is 3.10. The number of anilines is 1. The lowest BCUT2D eigenvalue weighted by Crippen LogP contribution is -2.02. The van der Waals surface area contributed by atoms with Gasteiger partial charge in [-0.05, 0) is 18.6 Å².